The van der Waals surface area contributed by atoms with Gasteiger partial charge in [0, 0.05) is 31.5 Å². The maximum absolute atomic E-state index is 12.5. The Balaban J connectivity index is 1.30. The van der Waals surface area contributed by atoms with Crippen molar-refractivity contribution in [3.8, 4) is 0 Å². The summed E-state index contributed by atoms with van der Waals surface area (Å²) in [5.74, 6) is 1.73. The third-order valence-corrected chi connectivity index (χ3v) is 6.93. The summed E-state index contributed by atoms with van der Waals surface area (Å²) in [6.45, 7) is 4.17. The number of carbonyl (C=O) groups is 1. The standard InChI is InChI=1S/C26H39N3O/c1-2-3-4-5-6-7-8-9-10-13-18-28-24-15-12-11-14-23(24)27-26(28)21-19-25(30)29(20-21)22-16-17-22/h11-12,14-15,21-22H,2-10,13,16-20H2,1H3. The number of carbonyl (C=O) groups excluding carboxylic acids is 1. The molecule has 4 nitrogen and oxygen atoms in total. The summed E-state index contributed by atoms with van der Waals surface area (Å²) in [6, 6.07) is 9.00. The maximum Gasteiger partial charge on any atom is 0.223 e. The first-order valence-electron chi connectivity index (χ1n) is 12.5. The highest BCUT2D eigenvalue weighted by Gasteiger charge is 2.41. The molecule has 0 N–H and O–H groups in total. The second-order valence-corrected chi connectivity index (χ2v) is 9.47. The fourth-order valence-corrected chi connectivity index (χ4v) is 5.04. The van der Waals surface area contributed by atoms with Gasteiger partial charge in [-0.25, -0.2) is 4.98 Å². The van der Waals surface area contributed by atoms with Crippen LogP contribution >= 0.6 is 0 Å². The lowest BCUT2D eigenvalue weighted by atomic mass is 10.1. The van der Waals surface area contributed by atoms with Crippen molar-refractivity contribution in [3.05, 3.63) is 30.1 Å². The molecule has 2 aromatic rings. The molecule has 1 aliphatic heterocycles. The van der Waals surface area contributed by atoms with Crippen LogP contribution in [0.1, 0.15) is 102 Å². The summed E-state index contributed by atoms with van der Waals surface area (Å²) >= 11 is 0. The molecule has 1 aromatic carbocycles. The first kappa shape index (κ1) is 21.4. The van der Waals surface area contributed by atoms with Gasteiger partial charge in [-0.15, -0.1) is 0 Å². The van der Waals surface area contributed by atoms with Crippen LogP contribution in [0.2, 0.25) is 0 Å². The summed E-state index contributed by atoms with van der Waals surface area (Å²) < 4.78 is 2.43. The molecule has 2 fully saturated rings. The number of fused-ring (bicyclic) bond motifs is 1. The van der Waals surface area contributed by atoms with Gasteiger partial charge in [0.15, 0.2) is 0 Å². The van der Waals surface area contributed by atoms with E-state index in [0.717, 1.165) is 24.4 Å². The minimum absolute atomic E-state index is 0.258. The number of aryl methyl sites for hydroxylation is 1. The van der Waals surface area contributed by atoms with Crippen LogP contribution < -0.4 is 0 Å². The topological polar surface area (TPSA) is 38.1 Å². The predicted molar refractivity (Wildman–Crippen MR) is 124 cm³/mol. The Kier molecular flexibility index (Phi) is 7.46. The van der Waals surface area contributed by atoms with E-state index in [2.05, 4.69) is 40.7 Å². The SMILES string of the molecule is CCCCCCCCCCCCn1c(C2CC(=O)N(C3CC3)C2)nc2ccccc21. The first-order valence-corrected chi connectivity index (χ1v) is 12.5. The first-order chi connectivity index (χ1) is 14.8. The third kappa shape index (κ3) is 5.25. The molecule has 0 spiro atoms. The minimum atomic E-state index is 0.258. The quantitative estimate of drug-likeness (QED) is 0.357. The largest absolute Gasteiger partial charge is 0.339 e. The number of hydrogen-bond acceptors (Lipinski definition) is 2. The number of unbranched alkanes of at least 4 members (excludes halogenated alkanes) is 9. The summed E-state index contributed by atoms with van der Waals surface area (Å²) in [5.41, 5.74) is 2.32. The molecule has 0 radical (unpaired) electrons. The van der Waals surface area contributed by atoms with Crippen LogP contribution in [0, 0.1) is 0 Å². The number of para-hydroxylation sites is 2. The molecule has 2 aliphatic rings. The number of aromatic nitrogens is 2. The zero-order valence-electron chi connectivity index (χ0n) is 18.8. The number of imidazole rings is 1. The highest BCUT2D eigenvalue weighted by Crippen LogP contribution is 2.37. The van der Waals surface area contributed by atoms with E-state index in [-0.39, 0.29) is 5.92 Å². The number of rotatable bonds is 13. The zero-order chi connectivity index (χ0) is 20.8. The fourth-order valence-electron chi connectivity index (χ4n) is 5.04. The van der Waals surface area contributed by atoms with E-state index in [1.165, 1.54) is 82.6 Å². The van der Waals surface area contributed by atoms with Gasteiger partial charge in [-0.1, -0.05) is 76.8 Å². The third-order valence-electron chi connectivity index (χ3n) is 6.93. The molecule has 30 heavy (non-hydrogen) atoms. The molecule has 0 bridgehead atoms. The number of nitrogens with zero attached hydrogens (tertiary/aromatic N) is 3. The van der Waals surface area contributed by atoms with E-state index in [0.29, 0.717) is 18.4 Å². The Morgan fingerprint density at radius 1 is 0.933 bits per heavy atom. The Morgan fingerprint density at radius 3 is 2.30 bits per heavy atom. The van der Waals surface area contributed by atoms with Crippen molar-refractivity contribution in [3.63, 3.8) is 0 Å². The predicted octanol–water partition coefficient (Wildman–Crippen LogP) is 6.44. The lowest BCUT2D eigenvalue weighted by Gasteiger charge is -2.16. The molecule has 1 amide bonds. The summed E-state index contributed by atoms with van der Waals surface area (Å²) in [7, 11) is 0. The van der Waals surface area contributed by atoms with E-state index in [4.69, 9.17) is 4.98 Å². The average molecular weight is 410 g/mol. The van der Waals surface area contributed by atoms with Crippen molar-refractivity contribution in [1.29, 1.82) is 0 Å². The summed E-state index contributed by atoms with van der Waals surface area (Å²) in [6.07, 6.45) is 16.6. The van der Waals surface area contributed by atoms with E-state index in [1.54, 1.807) is 0 Å². The summed E-state index contributed by atoms with van der Waals surface area (Å²) in [4.78, 5) is 19.6. The molecule has 1 saturated heterocycles. The Hall–Kier alpha value is -1.84. The van der Waals surface area contributed by atoms with Crippen LogP contribution in [0.25, 0.3) is 11.0 Å². The van der Waals surface area contributed by atoms with Crippen molar-refractivity contribution < 1.29 is 4.79 Å². The molecule has 2 heterocycles. The number of amides is 1. The Morgan fingerprint density at radius 2 is 1.60 bits per heavy atom. The number of benzene rings is 1. The molecule has 1 aliphatic carbocycles. The lowest BCUT2D eigenvalue weighted by molar-refractivity contribution is -0.128. The van der Waals surface area contributed by atoms with Crippen LogP contribution in [-0.2, 0) is 11.3 Å². The van der Waals surface area contributed by atoms with Crippen LogP contribution in [0.4, 0.5) is 0 Å². The maximum atomic E-state index is 12.5. The van der Waals surface area contributed by atoms with Crippen molar-refractivity contribution in [2.75, 3.05) is 6.54 Å². The average Bonchev–Trinajstić information content (AvgIpc) is 3.43. The Labute approximate surface area is 182 Å². The van der Waals surface area contributed by atoms with Gasteiger partial charge in [0.2, 0.25) is 5.91 Å². The highest BCUT2D eigenvalue weighted by molar-refractivity contribution is 5.81. The van der Waals surface area contributed by atoms with Crippen molar-refractivity contribution in [1.82, 2.24) is 14.5 Å². The molecular formula is C26H39N3O. The lowest BCUT2D eigenvalue weighted by Crippen LogP contribution is -2.27. The van der Waals surface area contributed by atoms with Gasteiger partial charge in [0.05, 0.1) is 11.0 Å². The monoisotopic (exact) mass is 409 g/mol. The zero-order valence-corrected chi connectivity index (χ0v) is 18.8. The van der Waals surface area contributed by atoms with E-state index in [1.807, 2.05) is 0 Å². The Bertz CT molecular complexity index is 823. The van der Waals surface area contributed by atoms with E-state index in [9.17, 15) is 4.79 Å². The highest BCUT2D eigenvalue weighted by atomic mass is 16.2. The molecule has 4 heteroatoms. The number of hydrogen-bond donors (Lipinski definition) is 0. The van der Waals surface area contributed by atoms with Crippen LogP contribution in [0.3, 0.4) is 0 Å². The van der Waals surface area contributed by atoms with Crippen LogP contribution in [-0.4, -0.2) is 32.9 Å². The van der Waals surface area contributed by atoms with Gasteiger partial charge in [-0.2, -0.15) is 0 Å². The molecule has 1 unspecified atom stereocenters. The summed E-state index contributed by atoms with van der Waals surface area (Å²) in [5, 5.41) is 0. The van der Waals surface area contributed by atoms with Gasteiger partial charge >= 0.3 is 0 Å². The molecule has 164 valence electrons. The van der Waals surface area contributed by atoms with Gasteiger partial charge in [-0.3, -0.25) is 4.79 Å². The van der Waals surface area contributed by atoms with Gasteiger partial charge < -0.3 is 9.47 Å². The van der Waals surface area contributed by atoms with Crippen LogP contribution in [0.5, 0.6) is 0 Å². The minimum Gasteiger partial charge on any atom is -0.339 e. The molecule has 1 saturated carbocycles. The molecule has 1 atom stereocenters. The van der Waals surface area contributed by atoms with Gasteiger partial charge in [-0.05, 0) is 31.4 Å². The molecule has 4 rings (SSSR count). The van der Waals surface area contributed by atoms with Crippen LogP contribution in [0.15, 0.2) is 24.3 Å². The fraction of sp³-hybridized carbons (Fsp3) is 0.692. The molecule has 1 aromatic heterocycles. The number of likely N-dealkylation sites (tertiary alicyclic amines) is 1. The van der Waals surface area contributed by atoms with Crippen molar-refractivity contribution >= 4 is 16.9 Å². The van der Waals surface area contributed by atoms with Gasteiger partial charge in [0.1, 0.15) is 5.82 Å². The van der Waals surface area contributed by atoms with Gasteiger partial charge in [0.25, 0.3) is 0 Å². The normalized spacial score (nSPS) is 19.3. The molecular weight excluding hydrogens is 370 g/mol. The van der Waals surface area contributed by atoms with E-state index >= 15 is 0 Å². The van der Waals surface area contributed by atoms with E-state index < -0.39 is 0 Å². The second-order valence-electron chi connectivity index (χ2n) is 9.47. The van der Waals surface area contributed by atoms with Crippen molar-refractivity contribution in [2.45, 2.75) is 109 Å². The second kappa shape index (κ2) is 10.5. The van der Waals surface area contributed by atoms with Crippen molar-refractivity contribution in [2.24, 2.45) is 0 Å². The smallest absolute Gasteiger partial charge is 0.223 e.